The second-order valence-electron chi connectivity index (χ2n) is 6.79. The molecule has 0 aliphatic heterocycles. The van der Waals surface area contributed by atoms with Crippen molar-refractivity contribution in [3.05, 3.63) is 34.9 Å². The highest BCUT2D eigenvalue weighted by atomic mass is 35.5. The molecular formula is C18H26ClNO. The van der Waals surface area contributed by atoms with E-state index in [0.29, 0.717) is 10.9 Å². The Balaban J connectivity index is 2.02. The molecule has 0 saturated heterocycles. The van der Waals surface area contributed by atoms with Gasteiger partial charge in [0.1, 0.15) is 0 Å². The van der Waals surface area contributed by atoms with Crippen LogP contribution in [0.2, 0.25) is 5.02 Å². The Hall–Kier alpha value is -1.02. The average Bonchev–Trinajstić information content (AvgIpc) is 2.48. The highest BCUT2D eigenvalue weighted by molar-refractivity contribution is 6.30. The van der Waals surface area contributed by atoms with Gasteiger partial charge in [-0.15, -0.1) is 0 Å². The average molecular weight is 308 g/mol. The van der Waals surface area contributed by atoms with Gasteiger partial charge >= 0.3 is 0 Å². The fraction of sp³-hybridized carbons (Fsp3) is 0.611. The zero-order valence-electron chi connectivity index (χ0n) is 13.3. The van der Waals surface area contributed by atoms with Crippen LogP contribution in [0.4, 0.5) is 0 Å². The summed E-state index contributed by atoms with van der Waals surface area (Å²) in [6, 6.07) is 7.82. The first-order chi connectivity index (χ1) is 9.91. The highest BCUT2D eigenvalue weighted by Crippen LogP contribution is 2.28. The van der Waals surface area contributed by atoms with Gasteiger partial charge in [-0.2, -0.15) is 0 Å². The molecule has 0 unspecified atom stereocenters. The molecule has 1 aromatic carbocycles. The van der Waals surface area contributed by atoms with Crippen molar-refractivity contribution in [1.82, 2.24) is 5.32 Å². The van der Waals surface area contributed by atoms with Gasteiger partial charge in [0.15, 0.2) is 0 Å². The van der Waals surface area contributed by atoms with E-state index >= 15 is 0 Å². The van der Waals surface area contributed by atoms with Gasteiger partial charge in [0.05, 0.1) is 5.41 Å². The van der Waals surface area contributed by atoms with Crippen LogP contribution >= 0.6 is 11.6 Å². The molecule has 2 nitrogen and oxygen atoms in total. The molecule has 1 N–H and O–H groups in total. The maximum absolute atomic E-state index is 12.7. The highest BCUT2D eigenvalue weighted by Gasteiger charge is 2.32. The van der Waals surface area contributed by atoms with Crippen LogP contribution in [-0.2, 0) is 10.2 Å². The van der Waals surface area contributed by atoms with Crippen LogP contribution in [0.25, 0.3) is 0 Å². The number of hydrogen-bond donors (Lipinski definition) is 1. The molecular weight excluding hydrogens is 282 g/mol. The summed E-state index contributed by atoms with van der Waals surface area (Å²) >= 11 is 5.93. The molecule has 3 heteroatoms. The Labute approximate surface area is 133 Å². The minimum atomic E-state index is -0.534. The van der Waals surface area contributed by atoms with Crippen LogP contribution < -0.4 is 5.32 Å². The van der Waals surface area contributed by atoms with Gasteiger partial charge in [-0.05, 0) is 57.2 Å². The van der Waals surface area contributed by atoms with Crippen LogP contribution in [-0.4, -0.2) is 11.9 Å². The first-order valence-corrected chi connectivity index (χ1v) is 8.36. The van der Waals surface area contributed by atoms with E-state index < -0.39 is 5.41 Å². The molecule has 1 aromatic rings. The lowest BCUT2D eigenvalue weighted by molar-refractivity contribution is -0.126. The SMILES string of the molecule is C[C@H](NC(=O)C(C)(C)c1ccc(Cl)cc1)C1CCCCC1. The first kappa shape index (κ1) is 16.4. The molecule has 0 bridgehead atoms. The third-order valence-electron chi connectivity index (χ3n) is 4.85. The maximum atomic E-state index is 12.7. The fourth-order valence-electron chi connectivity index (χ4n) is 3.14. The van der Waals surface area contributed by atoms with Crippen molar-refractivity contribution in [1.29, 1.82) is 0 Å². The Morgan fingerprint density at radius 3 is 2.33 bits per heavy atom. The van der Waals surface area contributed by atoms with E-state index in [9.17, 15) is 4.79 Å². The summed E-state index contributed by atoms with van der Waals surface area (Å²) in [5, 5.41) is 3.93. The molecule has 21 heavy (non-hydrogen) atoms. The van der Waals surface area contributed by atoms with Crippen molar-refractivity contribution >= 4 is 17.5 Å². The summed E-state index contributed by atoms with van der Waals surface area (Å²) in [5.41, 5.74) is 0.466. The van der Waals surface area contributed by atoms with E-state index in [-0.39, 0.29) is 11.9 Å². The predicted molar refractivity (Wildman–Crippen MR) is 88.7 cm³/mol. The Kier molecular flexibility index (Phi) is 5.32. The normalized spacial score (nSPS) is 18.3. The van der Waals surface area contributed by atoms with Crippen molar-refractivity contribution in [3.8, 4) is 0 Å². The van der Waals surface area contributed by atoms with Crippen LogP contribution in [0.5, 0.6) is 0 Å². The van der Waals surface area contributed by atoms with Crippen molar-refractivity contribution < 1.29 is 4.79 Å². The second-order valence-corrected chi connectivity index (χ2v) is 7.23. The third-order valence-corrected chi connectivity index (χ3v) is 5.10. The number of benzene rings is 1. The predicted octanol–water partition coefficient (Wildman–Crippen LogP) is 4.70. The van der Waals surface area contributed by atoms with Crippen LogP contribution in [0.3, 0.4) is 0 Å². The number of carbonyl (C=O) groups is 1. The molecule has 0 heterocycles. The van der Waals surface area contributed by atoms with E-state index in [1.807, 2.05) is 38.1 Å². The number of amides is 1. The van der Waals surface area contributed by atoms with Crippen molar-refractivity contribution in [2.75, 3.05) is 0 Å². The van der Waals surface area contributed by atoms with E-state index in [1.165, 1.54) is 32.1 Å². The molecule has 2 rings (SSSR count). The lowest BCUT2D eigenvalue weighted by Crippen LogP contribution is -2.47. The number of hydrogen-bond acceptors (Lipinski definition) is 1. The minimum absolute atomic E-state index is 0.0999. The summed E-state index contributed by atoms with van der Waals surface area (Å²) < 4.78 is 0. The van der Waals surface area contributed by atoms with E-state index in [2.05, 4.69) is 12.2 Å². The maximum Gasteiger partial charge on any atom is 0.230 e. The first-order valence-electron chi connectivity index (χ1n) is 7.98. The number of halogens is 1. The summed E-state index contributed by atoms with van der Waals surface area (Å²) in [4.78, 5) is 12.7. The van der Waals surface area contributed by atoms with Crippen LogP contribution in [0, 0.1) is 5.92 Å². The lowest BCUT2D eigenvalue weighted by Gasteiger charge is -2.32. The Morgan fingerprint density at radius 2 is 1.76 bits per heavy atom. The molecule has 1 amide bonds. The topological polar surface area (TPSA) is 29.1 Å². The van der Waals surface area contributed by atoms with Crippen LogP contribution in [0.1, 0.15) is 58.4 Å². The summed E-state index contributed by atoms with van der Waals surface area (Å²) in [7, 11) is 0. The van der Waals surface area contributed by atoms with E-state index in [1.54, 1.807) is 0 Å². The third kappa shape index (κ3) is 4.00. The molecule has 0 aromatic heterocycles. The number of rotatable bonds is 4. The quantitative estimate of drug-likeness (QED) is 0.858. The van der Waals surface area contributed by atoms with Gasteiger partial charge in [-0.3, -0.25) is 4.79 Å². The zero-order valence-corrected chi connectivity index (χ0v) is 14.0. The number of carbonyl (C=O) groups excluding carboxylic acids is 1. The van der Waals surface area contributed by atoms with E-state index in [4.69, 9.17) is 11.6 Å². The molecule has 0 radical (unpaired) electrons. The smallest absolute Gasteiger partial charge is 0.230 e. The summed E-state index contributed by atoms with van der Waals surface area (Å²) in [6.07, 6.45) is 6.41. The van der Waals surface area contributed by atoms with Crippen LogP contribution in [0.15, 0.2) is 24.3 Å². The van der Waals surface area contributed by atoms with Crippen molar-refractivity contribution in [2.45, 2.75) is 64.3 Å². The monoisotopic (exact) mass is 307 g/mol. The van der Waals surface area contributed by atoms with Gasteiger partial charge in [0.2, 0.25) is 5.91 Å². The fourth-order valence-corrected chi connectivity index (χ4v) is 3.26. The molecule has 0 spiro atoms. The van der Waals surface area contributed by atoms with Gasteiger partial charge in [-0.25, -0.2) is 0 Å². The molecule has 1 saturated carbocycles. The van der Waals surface area contributed by atoms with Gasteiger partial charge in [0, 0.05) is 11.1 Å². The molecule has 1 aliphatic carbocycles. The second kappa shape index (κ2) is 6.83. The zero-order chi connectivity index (χ0) is 15.5. The van der Waals surface area contributed by atoms with Crippen molar-refractivity contribution in [3.63, 3.8) is 0 Å². The standard InChI is InChI=1S/C18H26ClNO/c1-13(14-7-5-4-6-8-14)20-17(21)18(2,3)15-9-11-16(19)12-10-15/h9-14H,4-8H2,1-3H3,(H,20,21)/t13-/m0/s1. The largest absolute Gasteiger partial charge is 0.353 e. The summed E-state index contributed by atoms with van der Waals surface area (Å²) in [6.45, 7) is 6.09. The van der Waals surface area contributed by atoms with Gasteiger partial charge in [0.25, 0.3) is 0 Å². The lowest BCUT2D eigenvalue weighted by atomic mass is 9.81. The van der Waals surface area contributed by atoms with E-state index in [0.717, 1.165) is 5.56 Å². The Morgan fingerprint density at radius 1 is 1.19 bits per heavy atom. The van der Waals surface area contributed by atoms with Gasteiger partial charge < -0.3 is 5.32 Å². The molecule has 1 aliphatic rings. The molecule has 1 atom stereocenters. The minimum Gasteiger partial charge on any atom is -0.353 e. The summed E-state index contributed by atoms with van der Waals surface area (Å²) in [5.74, 6) is 0.728. The van der Waals surface area contributed by atoms with Crippen molar-refractivity contribution in [2.24, 2.45) is 5.92 Å². The Bertz CT molecular complexity index is 474. The number of nitrogens with one attached hydrogen (secondary N) is 1. The molecule has 116 valence electrons. The molecule has 1 fully saturated rings. The van der Waals surface area contributed by atoms with Gasteiger partial charge in [-0.1, -0.05) is 43.0 Å².